The van der Waals surface area contributed by atoms with E-state index in [-0.39, 0.29) is 10.7 Å². The normalized spacial score (nSPS) is 18.8. The van der Waals surface area contributed by atoms with Crippen molar-refractivity contribution in [2.45, 2.75) is 25.1 Å². The summed E-state index contributed by atoms with van der Waals surface area (Å²) < 4.78 is 11.1. The van der Waals surface area contributed by atoms with Crippen LogP contribution in [0.5, 0.6) is 11.5 Å². The van der Waals surface area contributed by atoms with Gasteiger partial charge in [0.1, 0.15) is 0 Å². The Labute approximate surface area is 121 Å². The summed E-state index contributed by atoms with van der Waals surface area (Å²) in [5.74, 6) is 1.51. The van der Waals surface area contributed by atoms with Crippen molar-refractivity contribution in [1.82, 2.24) is 0 Å². The van der Waals surface area contributed by atoms with Crippen LogP contribution in [-0.2, 0) is 4.79 Å². The molecule has 1 atom stereocenters. The summed E-state index contributed by atoms with van der Waals surface area (Å²) in [5.41, 5.74) is 0.860. The van der Waals surface area contributed by atoms with Crippen LogP contribution in [0.15, 0.2) is 18.2 Å². The van der Waals surface area contributed by atoms with Crippen LogP contribution in [0, 0.1) is 0 Å². The number of hydrogen-bond donors (Lipinski definition) is 0. The average Bonchev–Trinajstić information content (AvgIpc) is 2.73. The minimum Gasteiger partial charge on any atom is -0.490 e. The number of hydrogen-bond acceptors (Lipinski definition) is 3. The lowest BCUT2D eigenvalue weighted by Crippen LogP contribution is -2.27. The van der Waals surface area contributed by atoms with Crippen molar-refractivity contribution >= 4 is 27.5 Å². The van der Waals surface area contributed by atoms with Crippen molar-refractivity contribution < 1.29 is 14.3 Å². The number of ether oxygens (including phenoxy) is 2. The minimum atomic E-state index is -0.0744. The highest BCUT2D eigenvalue weighted by Crippen LogP contribution is 2.34. The van der Waals surface area contributed by atoms with Crippen molar-refractivity contribution in [1.29, 1.82) is 0 Å². The average molecular weight is 328 g/mol. The van der Waals surface area contributed by atoms with Crippen molar-refractivity contribution in [2.75, 3.05) is 24.7 Å². The molecule has 0 spiro atoms. The molecule has 4 nitrogen and oxygen atoms in total. The summed E-state index contributed by atoms with van der Waals surface area (Å²) in [4.78, 5) is 13.7. The Hall–Kier alpha value is -1.23. The third-order valence-corrected chi connectivity index (χ3v) is 3.83. The lowest BCUT2D eigenvalue weighted by Gasteiger charge is -2.18. The van der Waals surface area contributed by atoms with Gasteiger partial charge in [-0.05, 0) is 32.4 Å². The Balaban J connectivity index is 2.27. The quantitative estimate of drug-likeness (QED) is 0.780. The monoisotopic (exact) mass is 327 g/mol. The second-order valence-electron chi connectivity index (χ2n) is 4.24. The largest absolute Gasteiger partial charge is 0.490 e. The van der Waals surface area contributed by atoms with Gasteiger partial charge in [-0.1, -0.05) is 15.9 Å². The van der Waals surface area contributed by atoms with Gasteiger partial charge in [0.15, 0.2) is 11.5 Å². The molecule has 1 amide bonds. The fourth-order valence-corrected chi connectivity index (χ4v) is 2.56. The van der Waals surface area contributed by atoms with Gasteiger partial charge in [-0.2, -0.15) is 0 Å². The number of amides is 1. The fourth-order valence-electron chi connectivity index (χ4n) is 2.11. The van der Waals surface area contributed by atoms with Gasteiger partial charge in [0.05, 0.1) is 18.0 Å². The number of rotatable bonds is 5. The SMILES string of the molecule is CCOc1ccc(N2CCC(Br)C2=O)cc1OCC. The zero-order chi connectivity index (χ0) is 13.8. The highest BCUT2D eigenvalue weighted by molar-refractivity contribution is 9.10. The molecule has 1 saturated heterocycles. The van der Waals surface area contributed by atoms with E-state index < -0.39 is 0 Å². The van der Waals surface area contributed by atoms with Crippen LogP contribution in [0.2, 0.25) is 0 Å². The van der Waals surface area contributed by atoms with Crippen LogP contribution >= 0.6 is 15.9 Å². The van der Waals surface area contributed by atoms with Crippen LogP contribution in [0.25, 0.3) is 0 Å². The van der Waals surface area contributed by atoms with Gasteiger partial charge in [0, 0.05) is 18.3 Å². The summed E-state index contributed by atoms with van der Waals surface area (Å²) in [6, 6.07) is 5.63. The van der Waals surface area contributed by atoms with E-state index in [0.29, 0.717) is 19.0 Å². The van der Waals surface area contributed by atoms with E-state index in [1.165, 1.54) is 0 Å². The first kappa shape index (κ1) is 14.2. The Morgan fingerprint density at radius 1 is 1.26 bits per heavy atom. The third-order valence-electron chi connectivity index (χ3n) is 2.98. The maximum atomic E-state index is 12.0. The van der Waals surface area contributed by atoms with Crippen LogP contribution in [0.1, 0.15) is 20.3 Å². The number of alkyl halides is 1. The summed E-state index contributed by atoms with van der Waals surface area (Å²) in [6.45, 7) is 5.75. The second-order valence-corrected chi connectivity index (χ2v) is 5.35. The van der Waals surface area contributed by atoms with Crippen LogP contribution in [0.4, 0.5) is 5.69 Å². The maximum absolute atomic E-state index is 12.0. The highest BCUT2D eigenvalue weighted by atomic mass is 79.9. The van der Waals surface area contributed by atoms with Crippen LogP contribution in [-0.4, -0.2) is 30.5 Å². The van der Waals surface area contributed by atoms with E-state index in [9.17, 15) is 4.79 Å². The van der Waals surface area contributed by atoms with E-state index in [0.717, 1.165) is 24.4 Å². The Morgan fingerprint density at radius 2 is 1.95 bits per heavy atom. The molecule has 1 aromatic rings. The Kier molecular flexibility index (Phi) is 4.69. The van der Waals surface area contributed by atoms with E-state index in [1.54, 1.807) is 4.90 Å². The summed E-state index contributed by atoms with van der Waals surface area (Å²) in [6.07, 6.45) is 0.829. The van der Waals surface area contributed by atoms with Gasteiger partial charge in [-0.3, -0.25) is 4.79 Å². The molecule has 0 bridgehead atoms. The van der Waals surface area contributed by atoms with Crippen LogP contribution in [0.3, 0.4) is 0 Å². The molecular weight excluding hydrogens is 310 g/mol. The first-order valence-electron chi connectivity index (χ1n) is 6.52. The zero-order valence-electron chi connectivity index (χ0n) is 11.2. The number of benzene rings is 1. The van der Waals surface area contributed by atoms with Gasteiger partial charge in [-0.25, -0.2) is 0 Å². The first-order valence-corrected chi connectivity index (χ1v) is 7.44. The molecule has 1 aliphatic rings. The Bertz CT molecular complexity index is 464. The van der Waals surface area contributed by atoms with E-state index in [1.807, 2.05) is 32.0 Å². The number of carbonyl (C=O) groups is 1. The molecule has 1 aliphatic heterocycles. The van der Waals surface area contributed by atoms with Gasteiger partial charge in [-0.15, -0.1) is 0 Å². The van der Waals surface area contributed by atoms with E-state index >= 15 is 0 Å². The number of nitrogens with zero attached hydrogens (tertiary/aromatic N) is 1. The lowest BCUT2D eigenvalue weighted by molar-refractivity contribution is -0.116. The topological polar surface area (TPSA) is 38.8 Å². The van der Waals surface area contributed by atoms with Crippen molar-refractivity contribution in [2.24, 2.45) is 0 Å². The molecule has 0 N–H and O–H groups in total. The predicted molar refractivity (Wildman–Crippen MR) is 78.5 cm³/mol. The van der Waals surface area contributed by atoms with Gasteiger partial charge in [0.2, 0.25) is 5.91 Å². The fraction of sp³-hybridized carbons (Fsp3) is 0.500. The molecule has 0 aromatic heterocycles. The van der Waals surface area contributed by atoms with E-state index in [2.05, 4.69) is 15.9 Å². The predicted octanol–water partition coefficient (Wildman–Crippen LogP) is 2.98. The maximum Gasteiger partial charge on any atom is 0.240 e. The number of carbonyl (C=O) groups excluding carboxylic acids is 1. The molecule has 1 fully saturated rings. The molecule has 1 heterocycles. The van der Waals surface area contributed by atoms with Gasteiger partial charge < -0.3 is 14.4 Å². The number of anilines is 1. The summed E-state index contributed by atoms with van der Waals surface area (Å²) in [7, 11) is 0. The van der Waals surface area contributed by atoms with Gasteiger partial charge in [0.25, 0.3) is 0 Å². The third kappa shape index (κ3) is 3.03. The second kappa shape index (κ2) is 6.28. The molecule has 0 saturated carbocycles. The molecule has 104 valence electrons. The summed E-state index contributed by atoms with van der Waals surface area (Å²) >= 11 is 3.38. The van der Waals surface area contributed by atoms with Gasteiger partial charge >= 0.3 is 0 Å². The molecule has 0 aliphatic carbocycles. The molecular formula is C14H18BrNO3. The molecule has 1 unspecified atom stereocenters. The standard InChI is InChI=1S/C14H18BrNO3/c1-3-18-12-6-5-10(9-13(12)19-4-2)16-8-7-11(15)14(16)17/h5-6,9,11H,3-4,7-8H2,1-2H3. The Morgan fingerprint density at radius 3 is 2.53 bits per heavy atom. The van der Waals surface area contributed by atoms with Crippen molar-refractivity contribution in [3.63, 3.8) is 0 Å². The molecule has 1 aromatic carbocycles. The molecule has 2 rings (SSSR count). The highest BCUT2D eigenvalue weighted by Gasteiger charge is 2.30. The molecule has 0 radical (unpaired) electrons. The number of halogens is 1. The molecule has 19 heavy (non-hydrogen) atoms. The zero-order valence-corrected chi connectivity index (χ0v) is 12.8. The lowest BCUT2D eigenvalue weighted by atomic mass is 10.2. The van der Waals surface area contributed by atoms with Crippen molar-refractivity contribution in [3.05, 3.63) is 18.2 Å². The van der Waals surface area contributed by atoms with Crippen LogP contribution < -0.4 is 14.4 Å². The smallest absolute Gasteiger partial charge is 0.240 e. The van der Waals surface area contributed by atoms with Crippen molar-refractivity contribution in [3.8, 4) is 11.5 Å². The molecule has 5 heteroatoms. The minimum absolute atomic E-state index is 0.0744. The first-order chi connectivity index (χ1) is 9.17. The van der Waals surface area contributed by atoms with E-state index in [4.69, 9.17) is 9.47 Å². The summed E-state index contributed by atoms with van der Waals surface area (Å²) in [5, 5.41) is 0.